The molecule has 1 rings (SSSR count). The molecule has 2 N–H and O–H groups in total. The van der Waals surface area contributed by atoms with E-state index in [0.29, 0.717) is 33.9 Å². The fourth-order valence-electron chi connectivity index (χ4n) is 1.42. The molecule has 0 aromatic heterocycles. The highest BCUT2D eigenvalue weighted by Gasteiger charge is 2.18. The summed E-state index contributed by atoms with van der Waals surface area (Å²) in [5, 5.41) is 9.00. The highest BCUT2D eigenvalue weighted by Crippen LogP contribution is 2.38. The van der Waals surface area contributed by atoms with Crippen molar-refractivity contribution in [3.63, 3.8) is 0 Å². The zero-order chi connectivity index (χ0) is 12.1. The van der Waals surface area contributed by atoms with Gasteiger partial charge in [-0.2, -0.15) is 0 Å². The molecule has 1 aromatic rings. The molecule has 0 radical (unpaired) electrons. The van der Waals surface area contributed by atoms with Crippen molar-refractivity contribution < 1.29 is 19.5 Å². The van der Waals surface area contributed by atoms with Crippen LogP contribution in [0.2, 0.25) is 5.02 Å². The van der Waals surface area contributed by atoms with Crippen molar-refractivity contribution in [3.8, 4) is 11.5 Å². The van der Waals surface area contributed by atoms with Crippen LogP contribution in [-0.4, -0.2) is 25.7 Å². The SMILES string of the molecule is COc1c(C=O)cc(Cl)c(CNO)c1OC. The maximum absolute atomic E-state index is 10.8. The van der Waals surface area contributed by atoms with Gasteiger partial charge in [0.25, 0.3) is 0 Å². The number of methoxy groups -OCH3 is 2. The molecule has 0 amide bonds. The van der Waals surface area contributed by atoms with Crippen LogP contribution in [0.1, 0.15) is 15.9 Å². The quantitative estimate of drug-likeness (QED) is 0.610. The lowest BCUT2D eigenvalue weighted by atomic mass is 10.1. The van der Waals surface area contributed by atoms with E-state index in [1.165, 1.54) is 20.3 Å². The lowest BCUT2D eigenvalue weighted by molar-refractivity contribution is 0.112. The second-order valence-electron chi connectivity index (χ2n) is 2.95. The maximum atomic E-state index is 10.8. The van der Waals surface area contributed by atoms with Crippen molar-refractivity contribution in [1.29, 1.82) is 0 Å². The van der Waals surface area contributed by atoms with E-state index in [2.05, 4.69) is 0 Å². The van der Waals surface area contributed by atoms with Gasteiger partial charge in [-0.25, -0.2) is 5.48 Å². The van der Waals surface area contributed by atoms with Crippen molar-refractivity contribution in [1.82, 2.24) is 5.48 Å². The molecule has 0 spiro atoms. The molecule has 16 heavy (non-hydrogen) atoms. The minimum Gasteiger partial charge on any atom is -0.492 e. The number of halogens is 1. The fraction of sp³-hybridized carbons (Fsp3) is 0.300. The van der Waals surface area contributed by atoms with E-state index >= 15 is 0 Å². The van der Waals surface area contributed by atoms with Gasteiger partial charge in [-0.3, -0.25) is 4.79 Å². The van der Waals surface area contributed by atoms with Crippen LogP contribution < -0.4 is 15.0 Å². The summed E-state index contributed by atoms with van der Waals surface area (Å²) in [7, 11) is 2.86. The predicted octanol–water partition coefficient (Wildman–Crippen LogP) is 1.65. The summed E-state index contributed by atoms with van der Waals surface area (Å²) in [6, 6.07) is 1.46. The average molecular weight is 246 g/mol. The van der Waals surface area contributed by atoms with Gasteiger partial charge in [0, 0.05) is 10.6 Å². The number of aldehydes is 1. The van der Waals surface area contributed by atoms with Gasteiger partial charge in [0.15, 0.2) is 17.8 Å². The van der Waals surface area contributed by atoms with Gasteiger partial charge in [0.2, 0.25) is 0 Å². The smallest absolute Gasteiger partial charge is 0.171 e. The molecule has 0 fully saturated rings. The van der Waals surface area contributed by atoms with Crippen molar-refractivity contribution in [3.05, 3.63) is 22.2 Å². The first-order valence-electron chi connectivity index (χ1n) is 4.45. The number of hydrogen-bond donors (Lipinski definition) is 2. The molecule has 0 aliphatic heterocycles. The molecular weight excluding hydrogens is 234 g/mol. The molecule has 0 heterocycles. The van der Waals surface area contributed by atoms with Gasteiger partial charge in [0.1, 0.15) is 0 Å². The van der Waals surface area contributed by atoms with E-state index in [0.717, 1.165) is 0 Å². The number of rotatable bonds is 5. The largest absolute Gasteiger partial charge is 0.492 e. The van der Waals surface area contributed by atoms with E-state index < -0.39 is 0 Å². The molecule has 0 atom stereocenters. The molecule has 0 aliphatic rings. The van der Waals surface area contributed by atoms with Gasteiger partial charge < -0.3 is 14.7 Å². The van der Waals surface area contributed by atoms with E-state index in [9.17, 15) is 4.79 Å². The van der Waals surface area contributed by atoms with Crippen LogP contribution >= 0.6 is 11.6 Å². The predicted molar refractivity (Wildman–Crippen MR) is 58.6 cm³/mol. The minimum atomic E-state index is 0.0947. The first-order chi connectivity index (χ1) is 7.69. The van der Waals surface area contributed by atoms with E-state index in [1.54, 1.807) is 0 Å². The third-order valence-corrected chi connectivity index (χ3v) is 2.44. The molecule has 0 saturated heterocycles. The zero-order valence-corrected chi connectivity index (χ0v) is 9.67. The molecule has 0 bridgehead atoms. The highest BCUT2D eigenvalue weighted by atomic mass is 35.5. The van der Waals surface area contributed by atoms with Crippen molar-refractivity contribution >= 4 is 17.9 Å². The van der Waals surface area contributed by atoms with Crippen molar-refractivity contribution in [2.75, 3.05) is 14.2 Å². The monoisotopic (exact) mass is 245 g/mol. The average Bonchev–Trinajstić information content (AvgIpc) is 2.30. The Morgan fingerprint density at radius 3 is 2.50 bits per heavy atom. The van der Waals surface area contributed by atoms with Gasteiger partial charge in [0.05, 0.1) is 26.3 Å². The first-order valence-corrected chi connectivity index (χ1v) is 4.82. The summed E-state index contributed by atoms with van der Waals surface area (Å²) in [6.45, 7) is 0.0947. The van der Waals surface area contributed by atoms with E-state index in [4.69, 9.17) is 26.3 Å². The van der Waals surface area contributed by atoms with Crippen molar-refractivity contribution in [2.45, 2.75) is 6.54 Å². The fourth-order valence-corrected chi connectivity index (χ4v) is 1.69. The lowest BCUT2D eigenvalue weighted by Gasteiger charge is -2.15. The topological polar surface area (TPSA) is 67.8 Å². The zero-order valence-electron chi connectivity index (χ0n) is 8.91. The molecule has 88 valence electrons. The Labute approximate surface area is 97.9 Å². The second kappa shape index (κ2) is 5.69. The first kappa shape index (κ1) is 12.8. The van der Waals surface area contributed by atoms with Gasteiger partial charge in [-0.15, -0.1) is 0 Å². The van der Waals surface area contributed by atoms with Crippen LogP contribution in [0.15, 0.2) is 6.07 Å². The van der Waals surface area contributed by atoms with Crippen LogP contribution in [0.3, 0.4) is 0 Å². The van der Waals surface area contributed by atoms with Crippen molar-refractivity contribution in [2.24, 2.45) is 0 Å². The number of hydrogen-bond acceptors (Lipinski definition) is 5. The van der Waals surface area contributed by atoms with Crippen LogP contribution in [-0.2, 0) is 6.54 Å². The normalized spacial score (nSPS) is 10.0. The molecule has 0 saturated carbocycles. The lowest BCUT2D eigenvalue weighted by Crippen LogP contribution is -2.09. The summed E-state index contributed by atoms with van der Waals surface area (Å²) < 4.78 is 10.2. The number of carbonyl (C=O) groups excluding carboxylic acids is 1. The Morgan fingerprint density at radius 1 is 1.44 bits per heavy atom. The van der Waals surface area contributed by atoms with Crippen LogP contribution in [0.4, 0.5) is 0 Å². The third-order valence-electron chi connectivity index (χ3n) is 2.10. The Balaban J connectivity index is 3.44. The Bertz CT molecular complexity index is 395. The maximum Gasteiger partial charge on any atom is 0.171 e. The van der Waals surface area contributed by atoms with E-state index in [1.807, 2.05) is 5.48 Å². The summed E-state index contributed by atoms with van der Waals surface area (Å²) >= 11 is 5.95. The number of ether oxygens (including phenoxy) is 2. The highest BCUT2D eigenvalue weighted by molar-refractivity contribution is 6.32. The summed E-state index contributed by atoms with van der Waals surface area (Å²) in [5.41, 5.74) is 2.80. The molecule has 6 heteroatoms. The molecule has 1 aromatic carbocycles. The summed E-state index contributed by atoms with van der Waals surface area (Å²) in [6.07, 6.45) is 0.628. The Kier molecular flexibility index (Phi) is 4.54. The third kappa shape index (κ3) is 2.27. The molecular formula is C10H12ClNO4. The molecule has 5 nitrogen and oxygen atoms in total. The van der Waals surface area contributed by atoms with Crippen LogP contribution in [0.25, 0.3) is 0 Å². The minimum absolute atomic E-state index is 0.0947. The number of nitrogens with one attached hydrogen (secondary N) is 1. The van der Waals surface area contributed by atoms with E-state index in [-0.39, 0.29) is 6.54 Å². The summed E-state index contributed by atoms with van der Waals surface area (Å²) in [5.74, 6) is 0.630. The van der Waals surface area contributed by atoms with Gasteiger partial charge in [-0.1, -0.05) is 11.6 Å². The van der Waals surface area contributed by atoms with Gasteiger partial charge >= 0.3 is 0 Å². The second-order valence-corrected chi connectivity index (χ2v) is 3.35. The molecule has 0 unspecified atom stereocenters. The van der Waals surface area contributed by atoms with Crippen LogP contribution in [0.5, 0.6) is 11.5 Å². The number of benzene rings is 1. The Morgan fingerprint density at radius 2 is 2.06 bits per heavy atom. The van der Waals surface area contributed by atoms with Crippen LogP contribution in [0, 0.1) is 0 Å². The Hall–Kier alpha value is -1.30. The number of carbonyl (C=O) groups is 1. The summed E-state index contributed by atoms with van der Waals surface area (Å²) in [4.78, 5) is 10.8. The van der Waals surface area contributed by atoms with Gasteiger partial charge in [-0.05, 0) is 6.07 Å². The number of hydroxylamine groups is 1. The standard InChI is InChI=1S/C10H12ClNO4/c1-15-9-6(5-13)3-8(11)7(4-12-14)10(9)16-2/h3,5,12,14H,4H2,1-2H3. The molecule has 0 aliphatic carbocycles.